The fourth-order valence-corrected chi connectivity index (χ4v) is 11.5. The van der Waals surface area contributed by atoms with Gasteiger partial charge in [0, 0.05) is 59.7 Å². The molecule has 53 heavy (non-hydrogen) atoms. The maximum atomic E-state index is 15.1. The summed E-state index contributed by atoms with van der Waals surface area (Å²) < 4.78 is 42.9. The van der Waals surface area contributed by atoms with Crippen LogP contribution in [0.25, 0.3) is 22.2 Å². The highest BCUT2D eigenvalue weighted by atomic mass is 32.2. The minimum atomic E-state index is -4.24. The SMILES string of the molecule is COc1ccc2c(c1)C1CC1(C(=O)N1C3CCC1CN(C)C3)Cn1c-2c(C2CCCCC2)c2ccc(C(=O)NS(=O)(=O)c3ccc(C)cc3OC)cc21. The molecule has 4 atom stereocenters. The molecule has 5 aliphatic rings. The fourth-order valence-electron chi connectivity index (χ4n) is 10.4. The molecule has 4 unspecified atom stereocenters. The Hall–Kier alpha value is -4.35. The normalized spacial score (nSPS) is 25.3. The minimum absolute atomic E-state index is 0.0504. The zero-order valence-electron chi connectivity index (χ0n) is 31.0. The van der Waals surface area contributed by atoms with E-state index >= 15 is 4.79 Å². The Bertz CT molecular complexity index is 2260. The maximum absolute atomic E-state index is 15.1. The molecule has 0 radical (unpaired) electrons. The number of ether oxygens (including phenoxy) is 2. The van der Waals surface area contributed by atoms with Crippen molar-refractivity contribution in [3.8, 4) is 22.8 Å². The number of nitrogens with one attached hydrogen (secondary N) is 1. The predicted octanol–water partition coefficient (Wildman–Crippen LogP) is 6.59. The number of likely N-dealkylation sites (N-methyl/N-ethyl adjacent to an activating group) is 1. The molecular weight excluding hydrogens is 689 g/mol. The summed E-state index contributed by atoms with van der Waals surface area (Å²) in [6.45, 7) is 4.14. The van der Waals surface area contributed by atoms with Crippen molar-refractivity contribution in [2.75, 3.05) is 34.4 Å². The first kappa shape index (κ1) is 34.4. The number of methoxy groups -OCH3 is 2. The zero-order chi connectivity index (χ0) is 36.8. The zero-order valence-corrected chi connectivity index (χ0v) is 31.8. The number of nitrogens with zero attached hydrogens (tertiary/aromatic N) is 3. The van der Waals surface area contributed by atoms with Gasteiger partial charge in [0.05, 0.1) is 25.3 Å². The average Bonchev–Trinajstić information content (AvgIpc) is 3.74. The molecule has 10 nitrogen and oxygen atoms in total. The molecule has 11 heteroatoms. The van der Waals surface area contributed by atoms with Crippen LogP contribution in [-0.2, 0) is 21.4 Å². The summed E-state index contributed by atoms with van der Waals surface area (Å²) in [5, 5.41) is 1.06. The van der Waals surface area contributed by atoms with Crippen LogP contribution in [0, 0.1) is 12.3 Å². The Morgan fingerprint density at radius 2 is 1.64 bits per heavy atom. The first-order valence-electron chi connectivity index (χ1n) is 19.1. The van der Waals surface area contributed by atoms with E-state index in [2.05, 4.69) is 38.3 Å². The number of hydrogen-bond acceptors (Lipinski definition) is 7. The first-order chi connectivity index (χ1) is 25.5. The van der Waals surface area contributed by atoms with Crippen LogP contribution in [0.4, 0.5) is 0 Å². The highest BCUT2D eigenvalue weighted by Crippen LogP contribution is 2.66. The van der Waals surface area contributed by atoms with Gasteiger partial charge in [-0.3, -0.25) is 9.59 Å². The van der Waals surface area contributed by atoms with Crippen molar-refractivity contribution < 1.29 is 27.5 Å². The van der Waals surface area contributed by atoms with Gasteiger partial charge in [-0.1, -0.05) is 31.4 Å². The lowest BCUT2D eigenvalue weighted by Crippen LogP contribution is -2.57. The van der Waals surface area contributed by atoms with E-state index in [1.54, 1.807) is 25.3 Å². The number of aryl methyl sites for hydroxylation is 1. The third-order valence-electron chi connectivity index (χ3n) is 12.9. The van der Waals surface area contributed by atoms with Gasteiger partial charge < -0.3 is 23.8 Å². The van der Waals surface area contributed by atoms with Crippen LogP contribution >= 0.6 is 0 Å². The van der Waals surface area contributed by atoms with E-state index in [0.29, 0.717) is 12.5 Å². The second kappa shape index (κ2) is 12.6. The topological polar surface area (TPSA) is 110 Å². The van der Waals surface area contributed by atoms with E-state index in [1.165, 1.54) is 25.2 Å². The van der Waals surface area contributed by atoms with E-state index in [1.807, 2.05) is 25.1 Å². The van der Waals surface area contributed by atoms with Crippen LogP contribution in [0.1, 0.15) is 90.3 Å². The lowest BCUT2D eigenvalue weighted by atomic mass is 9.81. The van der Waals surface area contributed by atoms with Crippen molar-refractivity contribution >= 4 is 32.7 Å². The molecule has 4 heterocycles. The quantitative estimate of drug-likeness (QED) is 0.228. The molecule has 4 aromatic rings. The monoisotopic (exact) mass is 736 g/mol. The van der Waals surface area contributed by atoms with Gasteiger partial charge in [0.15, 0.2) is 0 Å². The summed E-state index contributed by atoms with van der Waals surface area (Å²) in [6.07, 6.45) is 8.51. The van der Waals surface area contributed by atoms with Crippen molar-refractivity contribution in [3.63, 3.8) is 0 Å². The fraction of sp³-hybridized carbons (Fsp3) is 0.476. The molecule has 2 amide bonds. The molecule has 2 saturated carbocycles. The highest BCUT2D eigenvalue weighted by molar-refractivity contribution is 7.90. The van der Waals surface area contributed by atoms with Crippen LogP contribution in [0.2, 0.25) is 0 Å². The second-order valence-electron chi connectivity index (χ2n) is 16.2. The largest absolute Gasteiger partial charge is 0.497 e. The Labute approximate surface area is 311 Å². The molecule has 3 aliphatic heterocycles. The number of amides is 2. The second-order valence-corrected chi connectivity index (χ2v) is 17.8. The van der Waals surface area contributed by atoms with Crippen LogP contribution < -0.4 is 14.2 Å². The predicted molar refractivity (Wildman–Crippen MR) is 203 cm³/mol. The number of hydrogen-bond donors (Lipinski definition) is 1. The molecule has 2 saturated heterocycles. The summed E-state index contributed by atoms with van der Waals surface area (Å²) in [4.78, 5) is 33.5. The van der Waals surface area contributed by atoms with Gasteiger partial charge in [0.2, 0.25) is 5.91 Å². The summed E-state index contributed by atoms with van der Waals surface area (Å²) in [6, 6.07) is 17.1. The molecule has 2 bridgehead atoms. The van der Waals surface area contributed by atoms with Gasteiger partial charge in [-0.05, 0) is 111 Å². The lowest BCUT2D eigenvalue weighted by Gasteiger charge is -2.41. The molecule has 4 fully saturated rings. The van der Waals surface area contributed by atoms with Gasteiger partial charge in [-0.15, -0.1) is 0 Å². The van der Waals surface area contributed by atoms with Crippen LogP contribution in [0.3, 0.4) is 0 Å². The molecule has 3 aromatic carbocycles. The number of fused-ring (bicyclic) bond motifs is 9. The first-order valence-corrected chi connectivity index (χ1v) is 20.6. The molecule has 1 aromatic heterocycles. The number of benzene rings is 3. The van der Waals surface area contributed by atoms with Gasteiger partial charge in [0.1, 0.15) is 16.4 Å². The van der Waals surface area contributed by atoms with E-state index in [-0.39, 0.29) is 40.1 Å². The summed E-state index contributed by atoms with van der Waals surface area (Å²) in [7, 11) is 1.02. The number of carbonyl (C=O) groups is 2. The van der Waals surface area contributed by atoms with Gasteiger partial charge in [-0.25, -0.2) is 13.1 Å². The van der Waals surface area contributed by atoms with Crippen molar-refractivity contribution in [1.29, 1.82) is 0 Å². The van der Waals surface area contributed by atoms with Crippen LogP contribution in [0.5, 0.6) is 11.5 Å². The lowest BCUT2D eigenvalue weighted by molar-refractivity contribution is -0.143. The Morgan fingerprint density at radius 3 is 2.36 bits per heavy atom. The number of aromatic nitrogens is 1. The van der Waals surface area contributed by atoms with Crippen molar-refractivity contribution in [2.45, 2.75) is 93.7 Å². The van der Waals surface area contributed by atoms with Crippen LogP contribution in [-0.4, -0.2) is 81.0 Å². The molecule has 9 rings (SSSR count). The summed E-state index contributed by atoms with van der Waals surface area (Å²) in [5.74, 6) is 0.874. The number of carbonyl (C=O) groups excluding carboxylic acids is 2. The smallest absolute Gasteiger partial charge is 0.268 e. The highest BCUT2D eigenvalue weighted by Gasteiger charge is 2.65. The van der Waals surface area contributed by atoms with Crippen molar-refractivity contribution in [1.82, 2.24) is 19.1 Å². The van der Waals surface area contributed by atoms with E-state index in [4.69, 9.17) is 9.47 Å². The Kier molecular flexibility index (Phi) is 8.20. The molecular formula is C42H48N4O6S. The minimum Gasteiger partial charge on any atom is -0.497 e. The van der Waals surface area contributed by atoms with E-state index in [0.717, 1.165) is 97.1 Å². The van der Waals surface area contributed by atoms with Crippen molar-refractivity contribution in [2.24, 2.45) is 5.41 Å². The Morgan fingerprint density at radius 1 is 0.887 bits per heavy atom. The standard InChI is InChI=1S/C42H48N4O6S/c1-25-10-17-37(36(18-25)52-4)53(49,50)43-40(47)27-11-15-32-35(19-27)45-24-42(41(48)46-28-12-13-29(46)23-44(2)22-28)21-34(42)33-20-30(51-3)14-16-31(33)39(45)38(32)26-8-6-5-7-9-26/h10-11,14-20,26,28-29,34H,5-9,12-13,21-24H2,1-4H3,(H,43,47). The number of likely N-dealkylation sites (tertiary alicyclic amines) is 1. The third kappa shape index (κ3) is 5.48. The number of rotatable bonds is 7. The molecule has 2 aliphatic carbocycles. The van der Waals surface area contributed by atoms with Crippen LogP contribution in [0.15, 0.2) is 59.5 Å². The van der Waals surface area contributed by atoms with Gasteiger partial charge in [-0.2, -0.15) is 0 Å². The number of piperazine rings is 1. The number of sulfonamides is 1. The van der Waals surface area contributed by atoms with E-state index < -0.39 is 21.3 Å². The molecule has 278 valence electrons. The maximum Gasteiger partial charge on any atom is 0.268 e. The van der Waals surface area contributed by atoms with Gasteiger partial charge in [0.25, 0.3) is 15.9 Å². The van der Waals surface area contributed by atoms with E-state index in [9.17, 15) is 13.2 Å². The third-order valence-corrected chi connectivity index (χ3v) is 14.3. The Balaban J connectivity index is 1.19. The summed E-state index contributed by atoms with van der Waals surface area (Å²) >= 11 is 0. The average molecular weight is 737 g/mol. The molecule has 0 spiro atoms. The van der Waals surface area contributed by atoms with Gasteiger partial charge >= 0.3 is 0 Å². The summed E-state index contributed by atoms with van der Waals surface area (Å²) in [5.41, 5.74) is 6.01. The molecule has 1 N–H and O–H groups in total. The van der Waals surface area contributed by atoms with Crippen molar-refractivity contribution in [3.05, 3.63) is 76.9 Å².